The van der Waals surface area contributed by atoms with Crippen molar-refractivity contribution in [2.75, 3.05) is 20.2 Å². The Balaban J connectivity index is 0.00000108. The molecule has 0 radical (unpaired) electrons. The van der Waals surface area contributed by atoms with Crippen molar-refractivity contribution >= 4 is 18.3 Å². The fraction of sp³-hybridized carbons (Fsp3) is 0.417. The highest BCUT2D eigenvalue weighted by molar-refractivity contribution is 5.97. The molecule has 2 atom stereocenters. The van der Waals surface area contributed by atoms with E-state index in [1.807, 2.05) is 18.2 Å². The summed E-state index contributed by atoms with van der Waals surface area (Å²) in [5, 5.41) is 6.34. The van der Waals surface area contributed by atoms with Crippen molar-refractivity contribution in [3.05, 3.63) is 29.3 Å². The van der Waals surface area contributed by atoms with Crippen molar-refractivity contribution < 1.29 is 9.53 Å². The van der Waals surface area contributed by atoms with Gasteiger partial charge in [-0.2, -0.15) is 0 Å². The number of carbonyl (C=O) groups excluding carboxylic acids is 1. The van der Waals surface area contributed by atoms with Gasteiger partial charge in [0.05, 0.1) is 7.11 Å². The van der Waals surface area contributed by atoms with Gasteiger partial charge >= 0.3 is 0 Å². The maximum atomic E-state index is 11.8. The van der Waals surface area contributed by atoms with Gasteiger partial charge in [-0.15, -0.1) is 12.4 Å². The molecule has 17 heavy (non-hydrogen) atoms. The molecule has 5 heteroatoms. The first-order chi connectivity index (χ1) is 7.79. The van der Waals surface area contributed by atoms with Crippen molar-refractivity contribution in [2.45, 2.75) is 12.0 Å². The monoisotopic (exact) mass is 254 g/mol. The Morgan fingerprint density at radius 2 is 2.18 bits per heavy atom. The summed E-state index contributed by atoms with van der Waals surface area (Å²) < 4.78 is 5.21. The highest BCUT2D eigenvalue weighted by Crippen LogP contribution is 2.32. The lowest BCUT2D eigenvalue weighted by atomic mass is 9.86. The summed E-state index contributed by atoms with van der Waals surface area (Å²) in [5.41, 5.74) is 1.89. The summed E-state index contributed by atoms with van der Waals surface area (Å²) in [5.74, 6) is 1.23. The zero-order chi connectivity index (χ0) is 11.1. The number of nitrogens with one attached hydrogen (secondary N) is 2. The number of ether oxygens (including phenoxy) is 1. The molecule has 3 rings (SSSR count). The van der Waals surface area contributed by atoms with Gasteiger partial charge < -0.3 is 15.4 Å². The second kappa shape index (κ2) is 4.55. The number of amides is 1. The topological polar surface area (TPSA) is 50.4 Å². The predicted molar refractivity (Wildman–Crippen MR) is 67.1 cm³/mol. The third-order valence-corrected chi connectivity index (χ3v) is 3.43. The van der Waals surface area contributed by atoms with Crippen LogP contribution in [0, 0.1) is 0 Å². The molecule has 1 aromatic rings. The van der Waals surface area contributed by atoms with Gasteiger partial charge in [0, 0.05) is 30.6 Å². The van der Waals surface area contributed by atoms with Crippen LogP contribution in [0.1, 0.15) is 21.8 Å². The Labute approximate surface area is 106 Å². The molecule has 0 aromatic heterocycles. The Kier molecular flexibility index (Phi) is 3.26. The molecule has 0 unspecified atom stereocenters. The van der Waals surface area contributed by atoms with Crippen molar-refractivity contribution in [3.8, 4) is 5.75 Å². The summed E-state index contributed by atoms with van der Waals surface area (Å²) >= 11 is 0. The fourth-order valence-corrected chi connectivity index (χ4v) is 2.58. The van der Waals surface area contributed by atoms with Gasteiger partial charge in [-0.1, -0.05) is 0 Å². The Morgan fingerprint density at radius 3 is 2.94 bits per heavy atom. The molecule has 1 aromatic carbocycles. The first-order valence-corrected chi connectivity index (χ1v) is 5.49. The number of benzene rings is 1. The Bertz CT molecular complexity index is 450. The molecule has 92 valence electrons. The van der Waals surface area contributed by atoms with Gasteiger partial charge in [0.15, 0.2) is 0 Å². The zero-order valence-corrected chi connectivity index (χ0v) is 10.3. The smallest absolute Gasteiger partial charge is 0.251 e. The molecule has 0 bridgehead atoms. The SMILES string of the molecule is COc1ccc2c(c1)[C@@H]1CNC[C@H]1NC2=O.Cl. The lowest BCUT2D eigenvalue weighted by Gasteiger charge is -2.28. The van der Waals surface area contributed by atoms with E-state index in [9.17, 15) is 4.79 Å². The van der Waals surface area contributed by atoms with Gasteiger partial charge in [-0.3, -0.25) is 4.79 Å². The number of fused-ring (bicyclic) bond motifs is 3. The Morgan fingerprint density at radius 1 is 1.35 bits per heavy atom. The third-order valence-electron chi connectivity index (χ3n) is 3.43. The van der Waals surface area contributed by atoms with Crippen LogP contribution in [0.4, 0.5) is 0 Å². The highest BCUT2D eigenvalue weighted by atomic mass is 35.5. The van der Waals surface area contributed by atoms with Gasteiger partial charge in [-0.05, 0) is 23.8 Å². The molecular formula is C12H15ClN2O2. The fourth-order valence-electron chi connectivity index (χ4n) is 2.58. The molecule has 0 spiro atoms. The minimum Gasteiger partial charge on any atom is -0.497 e. The maximum absolute atomic E-state index is 11.8. The molecule has 1 amide bonds. The first-order valence-electron chi connectivity index (χ1n) is 5.49. The number of hydrogen-bond donors (Lipinski definition) is 2. The molecule has 2 aliphatic rings. The second-order valence-electron chi connectivity index (χ2n) is 4.30. The minimum atomic E-state index is 0. The van der Waals surface area contributed by atoms with Crippen LogP contribution in [-0.2, 0) is 0 Å². The van der Waals surface area contributed by atoms with Gasteiger partial charge in [0.2, 0.25) is 0 Å². The maximum Gasteiger partial charge on any atom is 0.251 e. The lowest BCUT2D eigenvalue weighted by molar-refractivity contribution is 0.0924. The molecule has 2 N–H and O–H groups in total. The van der Waals surface area contributed by atoms with Crippen LogP contribution in [-0.4, -0.2) is 32.1 Å². The summed E-state index contributed by atoms with van der Waals surface area (Å²) in [4.78, 5) is 11.8. The van der Waals surface area contributed by atoms with Crippen molar-refractivity contribution in [1.29, 1.82) is 0 Å². The number of rotatable bonds is 1. The molecule has 4 nitrogen and oxygen atoms in total. The number of methoxy groups -OCH3 is 1. The third kappa shape index (κ3) is 1.87. The summed E-state index contributed by atoms with van der Waals surface area (Å²) in [6, 6.07) is 5.89. The van der Waals surface area contributed by atoms with Crippen LogP contribution >= 0.6 is 12.4 Å². The molecule has 2 heterocycles. The van der Waals surface area contributed by atoms with Gasteiger partial charge in [-0.25, -0.2) is 0 Å². The molecule has 1 saturated heterocycles. The summed E-state index contributed by atoms with van der Waals surface area (Å²) in [6.07, 6.45) is 0. The van der Waals surface area contributed by atoms with Gasteiger partial charge in [0.1, 0.15) is 5.75 Å². The van der Waals surface area contributed by atoms with Crippen molar-refractivity contribution in [3.63, 3.8) is 0 Å². The predicted octanol–water partition coefficient (Wildman–Crippen LogP) is 0.916. The molecule has 2 aliphatic heterocycles. The van der Waals surface area contributed by atoms with Crippen molar-refractivity contribution in [2.24, 2.45) is 0 Å². The molecule has 0 saturated carbocycles. The second-order valence-corrected chi connectivity index (χ2v) is 4.30. The highest BCUT2D eigenvalue weighted by Gasteiger charge is 2.36. The number of carbonyl (C=O) groups is 1. The Hall–Kier alpha value is -1.26. The van der Waals surface area contributed by atoms with E-state index in [-0.39, 0.29) is 24.4 Å². The van der Waals surface area contributed by atoms with E-state index < -0.39 is 0 Å². The summed E-state index contributed by atoms with van der Waals surface area (Å²) in [7, 11) is 1.65. The molecule has 0 aliphatic carbocycles. The average Bonchev–Trinajstić information content (AvgIpc) is 2.76. The molecule has 1 fully saturated rings. The van der Waals surface area contributed by atoms with Gasteiger partial charge in [0.25, 0.3) is 5.91 Å². The first kappa shape index (κ1) is 12.2. The quantitative estimate of drug-likeness (QED) is 0.784. The lowest BCUT2D eigenvalue weighted by Crippen LogP contribution is -2.44. The van der Waals surface area contributed by atoms with E-state index in [0.29, 0.717) is 5.92 Å². The van der Waals surface area contributed by atoms with E-state index in [0.717, 1.165) is 30.0 Å². The van der Waals surface area contributed by atoms with Crippen LogP contribution in [0.25, 0.3) is 0 Å². The minimum absolute atomic E-state index is 0. The van der Waals surface area contributed by atoms with E-state index in [4.69, 9.17) is 4.74 Å². The zero-order valence-electron chi connectivity index (χ0n) is 9.53. The van der Waals surface area contributed by atoms with Crippen LogP contribution in [0.15, 0.2) is 18.2 Å². The molecular weight excluding hydrogens is 240 g/mol. The largest absolute Gasteiger partial charge is 0.497 e. The van der Waals surface area contributed by atoms with Crippen LogP contribution < -0.4 is 15.4 Å². The number of hydrogen-bond acceptors (Lipinski definition) is 3. The van der Waals surface area contributed by atoms with E-state index in [2.05, 4.69) is 10.6 Å². The van der Waals surface area contributed by atoms with Crippen LogP contribution in [0.3, 0.4) is 0 Å². The summed E-state index contributed by atoms with van der Waals surface area (Å²) in [6.45, 7) is 1.78. The van der Waals surface area contributed by atoms with E-state index in [1.54, 1.807) is 7.11 Å². The van der Waals surface area contributed by atoms with Crippen molar-refractivity contribution in [1.82, 2.24) is 10.6 Å². The standard InChI is InChI=1S/C12H14N2O2.ClH/c1-16-7-2-3-8-9(4-7)10-5-13-6-11(10)14-12(8)15;/h2-4,10-11,13H,5-6H2,1H3,(H,14,15);1H/t10-,11+;/m0./s1. The normalized spacial score (nSPS) is 25.4. The average molecular weight is 255 g/mol. The number of halogens is 1. The van der Waals surface area contributed by atoms with Crippen LogP contribution in [0.2, 0.25) is 0 Å². The van der Waals surface area contributed by atoms with Crippen LogP contribution in [0.5, 0.6) is 5.75 Å². The van der Waals surface area contributed by atoms with E-state index in [1.165, 1.54) is 0 Å². The van der Waals surface area contributed by atoms with E-state index >= 15 is 0 Å².